The molecule has 1 aromatic carbocycles. The van der Waals surface area contributed by atoms with E-state index in [2.05, 4.69) is 51.9 Å². The van der Waals surface area contributed by atoms with E-state index < -0.39 is 0 Å². The lowest BCUT2D eigenvalue weighted by Gasteiger charge is -2.12. The Morgan fingerprint density at radius 1 is 1.35 bits per heavy atom. The summed E-state index contributed by atoms with van der Waals surface area (Å²) in [6.45, 7) is 5.89. The molecular formula is C15H19N5. The number of fused-ring (bicyclic) bond motifs is 1. The Labute approximate surface area is 118 Å². The number of nitrogens with one attached hydrogen (secondary N) is 2. The molecule has 1 atom stereocenters. The molecule has 0 aliphatic heterocycles. The molecule has 0 amide bonds. The van der Waals surface area contributed by atoms with Crippen molar-refractivity contribution < 1.29 is 0 Å². The number of H-pyrrole nitrogens is 1. The van der Waals surface area contributed by atoms with Crippen molar-refractivity contribution in [1.82, 2.24) is 24.8 Å². The van der Waals surface area contributed by atoms with E-state index >= 15 is 0 Å². The van der Waals surface area contributed by atoms with Gasteiger partial charge in [-0.2, -0.15) is 0 Å². The maximum Gasteiger partial charge on any atom is 0.123 e. The first-order valence-electron chi connectivity index (χ1n) is 6.96. The minimum atomic E-state index is 0.176. The van der Waals surface area contributed by atoms with Crippen LogP contribution < -0.4 is 5.32 Å². The Hall–Kier alpha value is -2.14. The average molecular weight is 269 g/mol. The van der Waals surface area contributed by atoms with Crippen LogP contribution in [-0.4, -0.2) is 19.5 Å². The lowest BCUT2D eigenvalue weighted by atomic mass is 10.3. The van der Waals surface area contributed by atoms with Crippen molar-refractivity contribution >= 4 is 11.0 Å². The van der Waals surface area contributed by atoms with E-state index in [0.717, 1.165) is 30.3 Å². The van der Waals surface area contributed by atoms with Gasteiger partial charge in [-0.25, -0.2) is 9.97 Å². The third-order valence-corrected chi connectivity index (χ3v) is 3.55. The molecule has 104 valence electrons. The van der Waals surface area contributed by atoms with Gasteiger partial charge in [0.1, 0.15) is 11.6 Å². The zero-order valence-electron chi connectivity index (χ0n) is 11.8. The van der Waals surface area contributed by atoms with Crippen LogP contribution >= 0.6 is 0 Å². The van der Waals surface area contributed by atoms with Crippen molar-refractivity contribution in [3.05, 3.63) is 48.3 Å². The molecule has 0 saturated carbocycles. The molecule has 0 spiro atoms. The summed E-state index contributed by atoms with van der Waals surface area (Å²) in [7, 11) is 0. The highest BCUT2D eigenvalue weighted by molar-refractivity contribution is 5.75. The van der Waals surface area contributed by atoms with Gasteiger partial charge in [0.2, 0.25) is 0 Å². The Morgan fingerprint density at radius 3 is 2.95 bits per heavy atom. The van der Waals surface area contributed by atoms with Gasteiger partial charge in [0.05, 0.1) is 23.6 Å². The van der Waals surface area contributed by atoms with E-state index in [0.29, 0.717) is 0 Å². The fraction of sp³-hybridized carbons (Fsp3) is 0.333. The minimum Gasteiger partial charge on any atom is -0.347 e. The molecule has 20 heavy (non-hydrogen) atoms. The number of rotatable bonds is 5. The van der Waals surface area contributed by atoms with Crippen molar-refractivity contribution in [2.45, 2.75) is 33.0 Å². The van der Waals surface area contributed by atoms with Crippen LogP contribution in [0.2, 0.25) is 0 Å². The van der Waals surface area contributed by atoms with E-state index in [1.807, 2.05) is 12.3 Å². The molecule has 2 N–H and O–H groups in total. The van der Waals surface area contributed by atoms with Gasteiger partial charge in [0.25, 0.3) is 0 Å². The number of benzene rings is 1. The predicted molar refractivity (Wildman–Crippen MR) is 79.2 cm³/mol. The second-order valence-electron chi connectivity index (χ2n) is 4.84. The number of aryl methyl sites for hydroxylation is 1. The summed E-state index contributed by atoms with van der Waals surface area (Å²) in [5.74, 6) is 2.01. The molecule has 2 heterocycles. The Morgan fingerprint density at radius 2 is 2.20 bits per heavy atom. The fourth-order valence-electron chi connectivity index (χ4n) is 2.47. The normalized spacial score (nSPS) is 12.9. The van der Waals surface area contributed by atoms with Crippen LogP contribution in [0.3, 0.4) is 0 Å². The lowest BCUT2D eigenvalue weighted by Crippen LogP contribution is -2.21. The Bertz CT molecular complexity index is 683. The summed E-state index contributed by atoms with van der Waals surface area (Å²) in [5, 5.41) is 3.46. The first-order valence-corrected chi connectivity index (χ1v) is 6.96. The molecule has 1 unspecified atom stereocenters. The Balaban J connectivity index is 1.80. The van der Waals surface area contributed by atoms with Crippen LogP contribution in [-0.2, 0) is 13.1 Å². The molecule has 5 nitrogen and oxygen atoms in total. The van der Waals surface area contributed by atoms with Gasteiger partial charge in [-0.3, -0.25) is 0 Å². The van der Waals surface area contributed by atoms with E-state index in [4.69, 9.17) is 4.98 Å². The second-order valence-corrected chi connectivity index (χ2v) is 4.84. The van der Waals surface area contributed by atoms with Crippen LogP contribution in [0.25, 0.3) is 11.0 Å². The van der Waals surface area contributed by atoms with Crippen LogP contribution in [0.1, 0.15) is 31.5 Å². The topological polar surface area (TPSA) is 58.5 Å². The van der Waals surface area contributed by atoms with Gasteiger partial charge in [-0.1, -0.05) is 12.1 Å². The summed E-state index contributed by atoms with van der Waals surface area (Å²) in [6, 6.07) is 8.43. The first-order chi connectivity index (χ1) is 9.79. The van der Waals surface area contributed by atoms with Gasteiger partial charge in [-0.05, 0) is 26.0 Å². The largest absolute Gasteiger partial charge is 0.347 e. The second kappa shape index (κ2) is 5.46. The predicted octanol–water partition coefficient (Wildman–Crippen LogP) is 2.63. The van der Waals surface area contributed by atoms with Crippen molar-refractivity contribution in [3.63, 3.8) is 0 Å². The number of para-hydroxylation sites is 2. The van der Waals surface area contributed by atoms with Crippen molar-refractivity contribution in [1.29, 1.82) is 0 Å². The molecule has 0 bridgehead atoms. The maximum absolute atomic E-state index is 4.71. The van der Waals surface area contributed by atoms with Gasteiger partial charge >= 0.3 is 0 Å². The average Bonchev–Trinajstić information content (AvgIpc) is 3.11. The van der Waals surface area contributed by atoms with Crippen LogP contribution in [0, 0.1) is 0 Å². The van der Waals surface area contributed by atoms with E-state index in [9.17, 15) is 0 Å². The molecule has 2 aromatic heterocycles. The van der Waals surface area contributed by atoms with E-state index in [-0.39, 0.29) is 6.04 Å². The molecule has 3 rings (SSSR count). The van der Waals surface area contributed by atoms with E-state index in [1.54, 1.807) is 6.20 Å². The maximum atomic E-state index is 4.71. The molecule has 0 aliphatic carbocycles. The van der Waals surface area contributed by atoms with Crippen LogP contribution in [0.4, 0.5) is 0 Å². The van der Waals surface area contributed by atoms with Crippen molar-refractivity contribution in [2.75, 3.05) is 0 Å². The van der Waals surface area contributed by atoms with Crippen LogP contribution in [0.15, 0.2) is 36.7 Å². The minimum absolute atomic E-state index is 0.176. The molecule has 0 radical (unpaired) electrons. The number of hydrogen-bond acceptors (Lipinski definition) is 3. The van der Waals surface area contributed by atoms with E-state index in [1.165, 1.54) is 5.52 Å². The summed E-state index contributed by atoms with van der Waals surface area (Å²) in [4.78, 5) is 12.1. The Kier molecular flexibility index (Phi) is 3.52. The molecule has 3 aromatic rings. The molecular weight excluding hydrogens is 250 g/mol. The highest BCUT2D eigenvalue weighted by atomic mass is 15.1. The standard InChI is InChI=1S/C15H19N5/c1-3-20-13-7-5-4-6-12(13)19-14(20)10-18-11(2)15-16-8-9-17-15/h4-9,11,18H,3,10H2,1-2H3,(H,16,17). The zero-order chi connectivity index (χ0) is 13.9. The summed E-state index contributed by atoms with van der Waals surface area (Å²) in [5.41, 5.74) is 2.24. The fourth-order valence-corrected chi connectivity index (χ4v) is 2.47. The van der Waals surface area contributed by atoms with Gasteiger partial charge in [0.15, 0.2) is 0 Å². The quantitative estimate of drug-likeness (QED) is 0.748. The zero-order valence-corrected chi connectivity index (χ0v) is 11.8. The molecule has 0 saturated heterocycles. The third-order valence-electron chi connectivity index (χ3n) is 3.55. The summed E-state index contributed by atoms with van der Waals surface area (Å²) in [6.07, 6.45) is 3.61. The summed E-state index contributed by atoms with van der Waals surface area (Å²) < 4.78 is 2.25. The number of hydrogen-bond donors (Lipinski definition) is 2. The lowest BCUT2D eigenvalue weighted by molar-refractivity contribution is 0.525. The first kappa shape index (κ1) is 12.9. The number of imidazole rings is 2. The third kappa shape index (κ3) is 2.32. The SMILES string of the molecule is CCn1c(CNC(C)c2ncc[nH]2)nc2ccccc21. The molecule has 0 fully saturated rings. The van der Waals surface area contributed by atoms with Crippen molar-refractivity contribution in [2.24, 2.45) is 0 Å². The molecule has 5 heteroatoms. The van der Waals surface area contributed by atoms with Crippen molar-refractivity contribution in [3.8, 4) is 0 Å². The summed E-state index contributed by atoms with van der Waals surface area (Å²) >= 11 is 0. The monoisotopic (exact) mass is 269 g/mol. The number of aromatic amines is 1. The smallest absolute Gasteiger partial charge is 0.123 e. The number of nitrogens with zero attached hydrogens (tertiary/aromatic N) is 3. The van der Waals surface area contributed by atoms with Gasteiger partial charge in [0, 0.05) is 18.9 Å². The van der Waals surface area contributed by atoms with Gasteiger partial charge in [-0.15, -0.1) is 0 Å². The highest BCUT2D eigenvalue weighted by Crippen LogP contribution is 2.16. The highest BCUT2D eigenvalue weighted by Gasteiger charge is 2.11. The van der Waals surface area contributed by atoms with Gasteiger partial charge < -0.3 is 14.9 Å². The number of aromatic nitrogens is 4. The molecule has 0 aliphatic rings. The van der Waals surface area contributed by atoms with Crippen LogP contribution in [0.5, 0.6) is 0 Å².